The summed E-state index contributed by atoms with van der Waals surface area (Å²) in [7, 11) is -7.99. The lowest BCUT2D eigenvalue weighted by Gasteiger charge is -2.50. The highest BCUT2D eigenvalue weighted by molar-refractivity contribution is 6.93. The number of hydrogen-bond acceptors (Lipinski definition) is 9. The predicted molar refractivity (Wildman–Crippen MR) is 177 cm³/mol. The maximum atomic E-state index is 11.3. The number of esters is 3. The fourth-order valence-electron chi connectivity index (χ4n) is 5.52. The van der Waals surface area contributed by atoms with E-state index >= 15 is 0 Å². The molecule has 240 valence electrons. The molecule has 0 N–H and O–H groups in total. The molecule has 1 aliphatic rings. The van der Waals surface area contributed by atoms with Crippen molar-refractivity contribution in [1.82, 2.24) is 0 Å². The van der Waals surface area contributed by atoms with E-state index in [0.717, 1.165) is 54.1 Å². The van der Waals surface area contributed by atoms with E-state index in [1.165, 1.54) is 20.8 Å². The summed E-state index contributed by atoms with van der Waals surface area (Å²) in [6.07, 6.45) is 2.31. The Bertz CT molecular complexity index is 1290. The minimum Gasteiger partial charge on any atom is -0.427 e. The summed E-state index contributed by atoms with van der Waals surface area (Å²) < 4.78 is 36.4. The molecule has 1 saturated heterocycles. The molecule has 0 amide bonds. The molecule has 1 aliphatic heterocycles. The van der Waals surface area contributed by atoms with E-state index in [-0.39, 0.29) is 17.9 Å². The molecular weight excluding hydrogens is 625 g/mol. The van der Waals surface area contributed by atoms with Gasteiger partial charge in [0.15, 0.2) is 0 Å². The lowest BCUT2D eigenvalue weighted by atomic mass is 10.2. The van der Waals surface area contributed by atoms with Crippen LogP contribution in [-0.2, 0) is 46.0 Å². The van der Waals surface area contributed by atoms with Gasteiger partial charge in [0.2, 0.25) is 0 Å². The minimum absolute atomic E-state index is 0.346. The van der Waals surface area contributed by atoms with Crippen LogP contribution in [-0.4, -0.2) is 43.6 Å². The fraction of sp³-hybridized carbons (Fsp3) is 0.364. The first-order chi connectivity index (χ1) is 21.2. The maximum Gasteiger partial charge on any atom is 0.317 e. The van der Waals surface area contributed by atoms with Gasteiger partial charge in [0, 0.05) is 20.8 Å². The van der Waals surface area contributed by atoms with E-state index in [0.29, 0.717) is 17.2 Å². The molecule has 0 atom stereocenters. The Balaban J connectivity index is 1.48. The molecule has 0 bridgehead atoms. The zero-order valence-corrected chi connectivity index (χ0v) is 29.8. The molecule has 0 aromatic heterocycles. The first-order valence-corrected chi connectivity index (χ1v) is 22.7. The SMILES string of the molecule is CC(=O)Oc1ccc(CC[Si]2(C)O[Si](C)(CCc3ccc(OC(C)=O)cc3)O[Si](C)(CCc3ccc(OC(C)=O)cc3)O2)cc1. The van der Waals surface area contributed by atoms with E-state index in [1.54, 1.807) is 0 Å². The van der Waals surface area contributed by atoms with Gasteiger partial charge < -0.3 is 26.6 Å². The molecule has 45 heavy (non-hydrogen) atoms. The summed E-state index contributed by atoms with van der Waals surface area (Å²) >= 11 is 0. The van der Waals surface area contributed by atoms with Crippen LogP contribution in [0.3, 0.4) is 0 Å². The normalized spacial score (nSPS) is 22.8. The molecule has 0 aliphatic carbocycles. The predicted octanol–water partition coefficient (Wildman–Crippen LogP) is 6.77. The van der Waals surface area contributed by atoms with Gasteiger partial charge in [-0.15, -0.1) is 0 Å². The summed E-state index contributed by atoms with van der Waals surface area (Å²) in [5.74, 6) is 0.530. The second kappa shape index (κ2) is 14.8. The zero-order chi connectivity index (χ0) is 32.7. The van der Waals surface area contributed by atoms with Crippen LogP contribution in [0.4, 0.5) is 0 Å². The summed E-state index contributed by atoms with van der Waals surface area (Å²) in [4.78, 5) is 33.9. The van der Waals surface area contributed by atoms with Crippen LogP contribution < -0.4 is 14.2 Å². The van der Waals surface area contributed by atoms with Gasteiger partial charge in [-0.25, -0.2) is 0 Å². The molecule has 4 rings (SSSR count). The summed E-state index contributed by atoms with van der Waals surface area (Å²) in [5.41, 5.74) is 3.35. The van der Waals surface area contributed by atoms with E-state index < -0.39 is 25.7 Å². The van der Waals surface area contributed by atoms with Crippen molar-refractivity contribution in [2.75, 3.05) is 0 Å². The van der Waals surface area contributed by atoms with E-state index in [9.17, 15) is 14.4 Å². The summed E-state index contributed by atoms with van der Waals surface area (Å²) in [6, 6.07) is 25.0. The molecule has 0 saturated carbocycles. The lowest BCUT2D eigenvalue weighted by molar-refractivity contribution is -0.132. The average molecular weight is 667 g/mol. The van der Waals surface area contributed by atoms with Crippen molar-refractivity contribution >= 4 is 43.6 Å². The monoisotopic (exact) mass is 666 g/mol. The molecule has 1 fully saturated rings. The van der Waals surface area contributed by atoms with Crippen molar-refractivity contribution in [3.05, 3.63) is 89.5 Å². The molecule has 9 nitrogen and oxygen atoms in total. The molecule has 12 heteroatoms. The zero-order valence-electron chi connectivity index (χ0n) is 26.8. The minimum atomic E-state index is -2.66. The average Bonchev–Trinajstić information content (AvgIpc) is 2.95. The van der Waals surface area contributed by atoms with E-state index in [4.69, 9.17) is 26.6 Å². The fourth-order valence-corrected chi connectivity index (χ4v) is 22.8. The van der Waals surface area contributed by atoms with Crippen LogP contribution in [0.1, 0.15) is 37.5 Å². The van der Waals surface area contributed by atoms with Crippen molar-refractivity contribution in [2.45, 2.75) is 77.8 Å². The van der Waals surface area contributed by atoms with E-state index in [1.807, 2.05) is 72.8 Å². The Morgan fingerprint density at radius 2 is 0.689 bits per heavy atom. The molecular formula is C33H42O9Si3. The van der Waals surface area contributed by atoms with Gasteiger partial charge in [-0.05, 0) is 110 Å². The van der Waals surface area contributed by atoms with Crippen LogP contribution in [0, 0.1) is 0 Å². The molecule has 0 unspecified atom stereocenters. The highest BCUT2D eigenvalue weighted by Crippen LogP contribution is 2.38. The Hall–Kier alpha value is -3.40. The van der Waals surface area contributed by atoms with Gasteiger partial charge in [-0.1, -0.05) is 36.4 Å². The summed E-state index contributed by atoms with van der Waals surface area (Å²) in [5, 5.41) is 0. The molecule has 3 aromatic carbocycles. The van der Waals surface area contributed by atoms with Gasteiger partial charge >= 0.3 is 43.6 Å². The maximum absolute atomic E-state index is 11.3. The second-order valence-electron chi connectivity index (χ2n) is 11.9. The van der Waals surface area contributed by atoms with Crippen LogP contribution in [0.15, 0.2) is 72.8 Å². The second-order valence-corrected chi connectivity index (χ2v) is 22.7. The Kier molecular flexibility index (Phi) is 11.3. The van der Waals surface area contributed by atoms with Crippen molar-refractivity contribution in [1.29, 1.82) is 0 Å². The molecule has 0 radical (unpaired) electrons. The number of benzene rings is 3. The topological polar surface area (TPSA) is 107 Å². The van der Waals surface area contributed by atoms with Crippen LogP contribution in [0.25, 0.3) is 0 Å². The van der Waals surface area contributed by atoms with Gasteiger partial charge in [-0.3, -0.25) is 14.4 Å². The Labute approximate surface area is 268 Å². The quantitative estimate of drug-likeness (QED) is 0.118. The smallest absolute Gasteiger partial charge is 0.317 e. The van der Waals surface area contributed by atoms with Gasteiger partial charge in [-0.2, -0.15) is 0 Å². The van der Waals surface area contributed by atoms with Crippen LogP contribution in [0.5, 0.6) is 17.2 Å². The molecule has 3 aromatic rings. The third kappa shape index (κ3) is 10.9. The standard InChI is InChI=1S/C33H42O9Si3/c1-25(34)37-31-13-7-28(8-14-31)19-22-43(4)40-44(5,23-20-29-9-15-32(16-10-29)38-26(2)35)42-45(6,41-43)24-21-30-11-17-33(18-12-30)39-27(3)36/h7-18H,19-24H2,1-6H3. The summed E-state index contributed by atoms with van der Waals surface area (Å²) in [6.45, 7) is 10.6. The first-order valence-electron chi connectivity index (χ1n) is 15.1. The van der Waals surface area contributed by atoms with Gasteiger partial charge in [0.1, 0.15) is 17.2 Å². The van der Waals surface area contributed by atoms with Crippen molar-refractivity contribution in [3.63, 3.8) is 0 Å². The Morgan fingerprint density at radius 1 is 0.467 bits per heavy atom. The van der Waals surface area contributed by atoms with Gasteiger partial charge in [0.05, 0.1) is 0 Å². The molecule has 1 heterocycles. The highest BCUT2D eigenvalue weighted by Gasteiger charge is 2.55. The van der Waals surface area contributed by atoms with Crippen LogP contribution in [0.2, 0.25) is 37.8 Å². The Morgan fingerprint density at radius 3 is 0.889 bits per heavy atom. The lowest BCUT2D eigenvalue weighted by Crippen LogP contribution is -2.67. The number of carbonyl (C=O) groups is 3. The first kappa shape index (κ1) is 34.5. The van der Waals surface area contributed by atoms with Crippen LogP contribution >= 0.6 is 0 Å². The third-order valence-corrected chi connectivity index (χ3v) is 21.3. The highest BCUT2D eigenvalue weighted by atomic mass is 28.5. The number of carbonyl (C=O) groups excluding carboxylic acids is 3. The van der Waals surface area contributed by atoms with Crippen molar-refractivity contribution < 1.29 is 40.9 Å². The van der Waals surface area contributed by atoms with Crippen molar-refractivity contribution in [2.24, 2.45) is 0 Å². The largest absolute Gasteiger partial charge is 0.427 e. The number of rotatable bonds is 12. The molecule has 0 spiro atoms. The number of ether oxygens (including phenoxy) is 3. The number of aryl methyl sites for hydroxylation is 3. The van der Waals surface area contributed by atoms with Gasteiger partial charge in [0.25, 0.3) is 0 Å². The third-order valence-electron chi connectivity index (χ3n) is 7.45. The van der Waals surface area contributed by atoms with E-state index in [2.05, 4.69) is 19.6 Å². The van der Waals surface area contributed by atoms with Crippen molar-refractivity contribution in [3.8, 4) is 17.2 Å². The number of hydrogen-bond donors (Lipinski definition) is 0.